The van der Waals surface area contributed by atoms with Crippen LogP contribution in [0.1, 0.15) is 26.2 Å². The maximum absolute atomic E-state index is 7.12. The molecular weight excluding hydrogens is 156 g/mol. The van der Waals surface area contributed by atoms with E-state index in [-0.39, 0.29) is 18.2 Å². The van der Waals surface area contributed by atoms with E-state index in [4.69, 9.17) is 20.6 Å². The summed E-state index contributed by atoms with van der Waals surface area (Å²) in [4.78, 5) is 0. The lowest BCUT2D eigenvalue weighted by atomic mass is 10.2. The number of rotatable bonds is 3. The number of amidine groups is 1. The quantitative estimate of drug-likeness (QED) is 0.490. The highest BCUT2D eigenvalue weighted by Gasteiger charge is 2.18. The molecule has 0 spiro atoms. The van der Waals surface area contributed by atoms with Gasteiger partial charge in [0.25, 0.3) is 0 Å². The summed E-state index contributed by atoms with van der Waals surface area (Å²) < 4.78 is 10.7. The summed E-state index contributed by atoms with van der Waals surface area (Å²) in [5, 5.41) is 7.12. The van der Waals surface area contributed by atoms with Gasteiger partial charge >= 0.3 is 0 Å². The molecule has 1 aliphatic heterocycles. The monoisotopic (exact) mass is 172 g/mol. The predicted octanol–water partition coefficient (Wildman–Crippen LogP) is 0.854. The molecule has 1 saturated heterocycles. The molecule has 1 fully saturated rings. The van der Waals surface area contributed by atoms with Gasteiger partial charge in [0.05, 0.1) is 0 Å². The minimum Gasteiger partial charge on any atom is -0.385 e. The summed E-state index contributed by atoms with van der Waals surface area (Å²) in [5.74, 6) is 0.0594. The van der Waals surface area contributed by atoms with Crippen LogP contribution in [0.15, 0.2) is 0 Å². The second-order valence-corrected chi connectivity index (χ2v) is 3.03. The van der Waals surface area contributed by atoms with Gasteiger partial charge in [0.2, 0.25) is 0 Å². The molecule has 0 bridgehead atoms. The summed E-state index contributed by atoms with van der Waals surface area (Å²) >= 11 is 0. The fraction of sp³-hybridized carbons (Fsp3) is 0.875. The van der Waals surface area contributed by atoms with Gasteiger partial charge in [-0.25, -0.2) is 0 Å². The number of hydrogen-bond acceptors (Lipinski definition) is 3. The van der Waals surface area contributed by atoms with E-state index in [9.17, 15) is 0 Å². The maximum Gasteiger partial charge on any atom is 0.158 e. The van der Waals surface area contributed by atoms with E-state index in [1.807, 2.05) is 0 Å². The third kappa shape index (κ3) is 2.79. The zero-order chi connectivity index (χ0) is 8.97. The van der Waals surface area contributed by atoms with Crippen molar-refractivity contribution in [2.45, 2.75) is 38.6 Å². The van der Waals surface area contributed by atoms with E-state index in [1.165, 1.54) is 0 Å². The minimum atomic E-state index is -0.326. The van der Waals surface area contributed by atoms with E-state index in [2.05, 4.69) is 0 Å². The van der Waals surface area contributed by atoms with E-state index >= 15 is 0 Å². The highest BCUT2D eigenvalue weighted by Crippen LogP contribution is 2.14. The van der Waals surface area contributed by atoms with Crippen LogP contribution in [-0.2, 0) is 9.47 Å². The van der Waals surface area contributed by atoms with Crippen LogP contribution in [-0.4, -0.2) is 24.8 Å². The standard InChI is InChI=1S/C8H16N2O2/c1-6(8(9)10)12-7-4-2-3-5-11-7/h6-7H,2-5H2,1H3,(H3,9,10). The van der Waals surface area contributed by atoms with Crippen molar-refractivity contribution in [1.82, 2.24) is 0 Å². The molecule has 3 N–H and O–H groups in total. The molecule has 0 amide bonds. The average molecular weight is 172 g/mol. The second-order valence-electron chi connectivity index (χ2n) is 3.03. The van der Waals surface area contributed by atoms with Gasteiger partial charge in [-0.05, 0) is 26.2 Å². The van der Waals surface area contributed by atoms with Crippen LogP contribution in [0.25, 0.3) is 0 Å². The molecule has 4 nitrogen and oxygen atoms in total. The molecule has 70 valence electrons. The lowest BCUT2D eigenvalue weighted by Gasteiger charge is -2.25. The first-order valence-electron chi connectivity index (χ1n) is 4.31. The van der Waals surface area contributed by atoms with Crippen LogP contribution in [0.3, 0.4) is 0 Å². The zero-order valence-corrected chi connectivity index (χ0v) is 7.38. The summed E-state index contributed by atoms with van der Waals surface area (Å²) in [6, 6.07) is 0. The molecule has 4 heteroatoms. The Morgan fingerprint density at radius 2 is 2.42 bits per heavy atom. The van der Waals surface area contributed by atoms with Crippen molar-refractivity contribution in [3.63, 3.8) is 0 Å². The number of hydrogen-bond donors (Lipinski definition) is 2. The van der Waals surface area contributed by atoms with E-state index in [0.29, 0.717) is 0 Å². The highest BCUT2D eigenvalue weighted by atomic mass is 16.7. The van der Waals surface area contributed by atoms with Crippen molar-refractivity contribution < 1.29 is 9.47 Å². The Morgan fingerprint density at radius 3 is 2.92 bits per heavy atom. The van der Waals surface area contributed by atoms with Crippen molar-refractivity contribution in [2.24, 2.45) is 5.73 Å². The van der Waals surface area contributed by atoms with Gasteiger partial charge in [-0.1, -0.05) is 0 Å². The first kappa shape index (κ1) is 9.48. The molecule has 0 aromatic rings. The molecule has 0 saturated carbocycles. The Morgan fingerprint density at radius 1 is 1.67 bits per heavy atom. The van der Waals surface area contributed by atoms with Gasteiger partial charge in [0.15, 0.2) is 6.29 Å². The molecule has 1 aliphatic rings. The average Bonchev–Trinajstić information content (AvgIpc) is 2.06. The first-order chi connectivity index (χ1) is 5.70. The van der Waals surface area contributed by atoms with E-state index in [1.54, 1.807) is 6.92 Å². The molecule has 0 aromatic carbocycles. The zero-order valence-electron chi connectivity index (χ0n) is 7.38. The van der Waals surface area contributed by atoms with Gasteiger partial charge in [0.1, 0.15) is 11.9 Å². The molecular formula is C8H16N2O2. The molecule has 12 heavy (non-hydrogen) atoms. The smallest absolute Gasteiger partial charge is 0.158 e. The van der Waals surface area contributed by atoms with Crippen LogP contribution in [0.5, 0.6) is 0 Å². The summed E-state index contributed by atoms with van der Waals surface area (Å²) in [6.45, 7) is 2.52. The lowest BCUT2D eigenvalue weighted by molar-refractivity contribution is -0.171. The van der Waals surface area contributed by atoms with Gasteiger partial charge in [0, 0.05) is 6.61 Å². The van der Waals surface area contributed by atoms with Crippen molar-refractivity contribution >= 4 is 5.84 Å². The Bertz CT molecular complexity index is 155. The lowest BCUT2D eigenvalue weighted by Crippen LogP contribution is -2.34. The Labute approximate surface area is 72.5 Å². The third-order valence-electron chi connectivity index (χ3n) is 1.93. The minimum absolute atomic E-state index is 0.0594. The Balaban J connectivity index is 2.24. The molecule has 1 rings (SSSR count). The van der Waals surface area contributed by atoms with Crippen molar-refractivity contribution in [3.8, 4) is 0 Å². The fourth-order valence-corrected chi connectivity index (χ4v) is 1.12. The summed E-state index contributed by atoms with van der Waals surface area (Å²) in [6.07, 6.45) is 2.67. The number of nitrogens with one attached hydrogen (secondary N) is 1. The molecule has 0 aliphatic carbocycles. The number of ether oxygens (including phenoxy) is 2. The van der Waals surface area contributed by atoms with Crippen molar-refractivity contribution in [1.29, 1.82) is 5.41 Å². The van der Waals surface area contributed by atoms with Gasteiger partial charge in [-0.15, -0.1) is 0 Å². The predicted molar refractivity (Wildman–Crippen MR) is 46.1 cm³/mol. The van der Waals surface area contributed by atoms with Gasteiger partial charge in [-0.2, -0.15) is 0 Å². The van der Waals surface area contributed by atoms with Crippen molar-refractivity contribution in [3.05, 3.63) is 0 Å². The summed E-state index contributed by atoms with van der Waals surface area (Å²) in [5.41, 5.74) is 5.26. The van der Waals surface area contributed by atoms with E-state index < -0.39 is 0 Å². The van der Waals surface area contributed by atoms with E-state index in [0.717, 1.165) is 25.9 Å². The maximum atomic E-state index is 7.12. The highest BCUT2D eigenvalue weighted by molar-refractivity contribution is 5.81. The fourth-order valence-electron chi connectivity index (χ4n) is 1.12. The molecule has 1 heterocycles. The Hall–Kier alpha value is -0.610. The topological polar surface area (TPSA) is 68.3 Å². The molecule has 2 unspecified atom stereocenters. The SMILES string of the molecule is CC(OC1CCCCO1)C(=N)N. The second kappa shape index (κ2) is 4.42. The van der Waals surface area contributed by atoms with Crippen LogP contribution < -0.4 is 5.73 Å². The third-order valence-corrected chi connectivity index (χ3v) is 1.93. The molecule has 0 radical (unpaired) electrons. The van der Waals surface area contributed by atoms with Crippen molar-refractivity contribution in [2.75, 3.05) is 6.61 Å². The van der Waals surface area contributed by atoms with Gasteiger partial charge in [-0.3, -0.25) is 5.41 Å². The summed E-state index contributed by atoms with van der Waals surface area (Å²) in [7, 11) is 0. The van der Waals surface area contributed by atoms with Crippen LogP contribution in [0.2, 0.25) is 0 Å². The first-order valence-corrected chi connectivity index (χ1v) is 4.31. The molecule has 0 aromatic heterocycles. The Kier molecular flexibility index (Phi) is 3.49. The van der Waals surface area contributed by atoms with Crippen LogP contribution in [0.4, 0.5) is 0 Å². The molecule has 2 atom stereocenters. The van der Waals surface area contributed by atoms with Crippen LogP contribution in [0, 0.1) is 5.41 Å². The largest absolute Gasteiger partial charge is 0.385 e. The van der Waals surface area contributed by atoms with Gasteiger partial charge < -0.3 is 15.2 Å². The number of nitrogens with two attached hydrogens (primary N) is 1. The normalized spacial score (nSPS) is 26.6. The van der Waals surface area contributed by atoms with Crippen LogP contribution >= 0.6 is 0 Å².